The van der Waals surface area contributed by atoms with Crippen molar-refractivity contribution in [1.82, 2.24) is 10.3 Å². The van der Waals surface area contributed by atoms with Gasteiger partial charge in [-0.3, -0.25) is 9.59 Å². The summed E-state index contributed by atoms with van der Waals surface area (Å²) in [5.41, 5.74) is 1.07. The largest absolute Gasteiger partial charge is 0.348 e. The van der Waals surface area contributed by atoms with Crippen LogP contribution in [0.2, 0.25) is 0 Å². The number of hydrogen-bond acceptors (Lipinski definition) is 2. The van der Waals surface area contributed by atoms with Crippen molar-refractivity contribution in [3.63, 3.8) is 0 Å². The standard InChI is InChI=1S/C18H19FN2O2/c19-14-9-7-12(8-10-14)11-13-3-1-4-15(13)21-18(23)16-5-2-6-17(22)20-16/h2,5-10,13,15H,1,3-4,11H2,(H,20,22)(H,21,23). The van der Waals surface area contributed by atoms with E-state index in [-0.39, 0.29) is 29.0 Å². The Labute approximate surface area is 133 Å². The number of amides is 1. The van der Waals surface area contributed by atoms with Gasteiger partial charge in [-0.1, -0.05) is 24.6 Å². The van der Waals surface area contributed by atoms with Crippen LogP contribution >= 0.6 is 0 Å². The molecule has 0 bridgehead atoms. The molecule has 23 heavy (non-hydrogen) atoms. The summed E-state index contributed by atoms with van der Waals surface area (Å²) in [6.45, 7) is 0. The van der Waals surface area contributed by atoms with E-state index in [4.69, 9.17) is 0 Å². The molecular weight excluding hydrogens is 295 g/mol. The highest BCUT2D eigenvalue weighted by atomic mass is 19.1. The second-order valence-corrected chi connectivity index (χ2v) is 6.03. The van der Waals surface area contributed by atoms with E-state index >= 15 is 0 Å². The number of aromatic amines is 1. The number of H-pyrrole nitrogens is 1. The van der Waals surface area contributed by atoms with Gasteiger partial charge in [0.2, 0.25) is 5.56 Å². The maximum absolute atomic E-state index is 13.0. The van der Waals surface area contributed by atoms with E-state index < -0.39 is 0 Å². The summed E-state index contributed by atoms with van der Waals surface area (Å²) in [7, 11) is 0. The van der Waals surface area contributed by atoms with Crippen LogP contribution < -0.4 is 10.9 Å². The Balaban J connectivity index is 1.65. The number of aromatic nitrogens is 1. The van der Waals surface area contributed by atoms with E-state index in [9.17, 15) is 14.0 Å². The smallest absolute Gasteiger partial charge is 0.268 e. The summed E-state index contributed by atoms with van der Waals surface area (Å²) < 4.78 is 13.0. The Bertz CT molecular complexity index is 739. The lowest BCUT2D eigenvalue weighted by atomic mass is 9.94. The van der Waals surface area contributed by atoms with Gasteiger partial charge in [-0.15, -0.1) is 0 Å². The van der Waals surface area contributed by atoms with Crippen LogP contribution in [0.15, 0.2) is 47.3 Å². The van der Waals surface area contributed by atoms with Crippen molar-refractivity contribution in [3.8, 4) is 0 Å². The molecule has 1 fully saturated rings. The number of carbonyl (C=O) groups is 1. The first-order valence-corrected chi connectivity index (χ1v) is 7.86. The molecule has 2 atom stereocenters. The highest BCUT2D eigenvalue weighted by Crippen LogP contribution is 2.29. The number of benzene rings is 1. The fourth-order valence-corrected chi connectivity index (χ4v) is 3.22. The molecule has 1 saturated carbocycles. The van der Waals surface area contributed by atoms with Crippen LogP contribution in [-0.2, 0) is 6.42 Å². The average Bonchev–Trinajstić information content (AvgIpc) is 2.96. The highest BCUT2D eigenvalue weighted by molar-refractivity contribution is 5.92. The van der Waals surface area contributed by atoms with Gasteiger partial charge < -0.3 is 10.3 Å². The molecule has 120 valence electrons. The fourth-order valence-electron chi connectivity index (χ4n) is 3.22. The van der Waals surface area contributed by atoms with E-state index in [2.05, 4.69) is 10.3 Å². The summed E-state index contributed by atoms with van der Waals surface area (Å²) in [5.74, 6) is -0.156. The maximum Gasteiger partial charge on any atom is 0.268 e. The zero-order valence-electron chi connectivity index (χ0n) is 12.7. The molecule has 1 aromatic carbocycles. The number of nitrogens with one attached hydrogen (secondary N) is 2. The predicted molar refractivity (Wildman–Crippen MR) is 85.8 cm³/mol. The van der Waals surface area contributed by atoms with Crippen molar-refractivity contribution in [1.29, 1.82) is 0 Å². The summed E-state index contributed by atoms with van der Waals surface area (Å²) in [6.07, 6.45) is 3.83. The predicted octanol–water partition coefficient (Wildman–Crippen LogP) is 2.66. The molecule has 0 saturated heterocycles. The highest BCUT2D eigenvalue weighted by Gasteiger charge is 2.29. The minimum atomic E-state index is -0.285. The third-order valence-electron chi connectivity index (χ3n) is 4.40. The normalized spacial score (nSPS) is 20.4. The molecule has 2 N–H and O–H groups in total. The SMILES string of the molecule is O=C(NC1CCCC1Cc1ccc(F)cc1)c1cccc(=O)[nH]1. The molecule has 4 nitrogen and oxygen atoms in total. The van der Waals surface area contributed by atoms with Gasteiger partial charge in [0.1, 0.15) is 11.5 Å². The first-order valence-electron chi connectivity index (χ1n) is 7.86. The van der Waals surface area contributed by atoms with Crippen LogP contribution in [0.4, 0.5) is 4.39 Å². The second-order valence-electron chi connectivity index (χ2n) is 6.03. The summed E-state index contributed by atoms with van der Waals surface area (Å²) in [4.78, 5) is 26.1. The van der Waals surface area contributed by atoms with Crippen molar-refractivity contribution >= 4 is 5.91 Å². The quantitative estimate of drug-likeness (QED) is 0.911. The third kappa shape index (κ3) is 3.86. The lowest BCUT2D eigenvalue weighted by Crippen LogP contribution is -2.38. The van der Waals surface area contributed by atoms with Crippen molar-refractivity contribution in [2.45, 2.75) is 31.7 Å². The molecule has 1 heterocycles. The van der Waals surface area contributed by atoms with Gasteiger partial charge in [0.15, 0.2) is 0 Å². The number of halogens is 1. The molecule has 1 aliphatic rings. The molecule has 0 spiro atoms. The topological polar surface area (TPSA) is 62.0 Å². The fraction of sp³-hybridized carbons (Fsp3) is 0.333. The monoisotopic (exact) mass is 314 g/mol. The van der Waals surface area contributed by atoms with Gasteiger partial charge >= 0.3 is 0 Å². The van der Waals surface area contributed by atoms with Crippen LogP contribution in [0.1, 0.15) is 35.3 Å². The molecule has 0 radical (unpaired) electrons. The first-order chi connectivity index (χ1) is 11.1. The van der Waals surface area contributed by atoms with Gasteiger partial charge in [-0.05, 0) is 48.9 Å². The van der Waals surface area contributed by atoms with Gasteiger partial charge in [0.05, 0.1) is 0 Å². The molecule has 1 aliphatic carbocycles. The van der Waals surface area contributed by atoms with E-state index in [0.29, 0.717) is 5.92 Å². The van der Waals surface area contributed by atoms with Crippen LogP contribution in [-0.4, -0.2) is 16.9 Å². The molecule has 1 aromatic heterocycles. The summed E-state index contributed by atoms with van der Waals surface area (Å²) in [5, 5.41) is 3.02. The zero-order valence-corrected chi connectivity index (χ0v) is 12.7. The van der Waals surface area contributed by atoms with E-state index in [1.54, 1.807) is 24.3 Å². The number of hydrogen-bond donors (Lipinski definition) is 2. The molecule has 1 amide bonds. The molecule has 2 unspecified atom stereocenters. The summed E-state index contributed by atoms with van der Waals surface area (Å²) in [6, 6.07) is 11.1. The molecule has 3 rings (SSSR count). The van der Waals surface area contributed by atoms with Gasteiger partial charge in [0, 0.05) is 12.1 Å². The van der Waals surface area contributed by atoms with Crippen LogP contribution in [0.25, 0.3) is 0 Å². The third-order valence-corrected chi connectivity index (χ3v) is 4.40. The molecular formula is C18H19FN2O2. The van der Waals surface area contributed by atoms with Gasteiger partial charge in [-0.2, -0.15) is 0 Å². The Hall–Kier alpha value is -2.43. The molecule has 5 heteroatoms. The maximum atomic E-state index is 13.0. The van der Waals surface area contributed by atoms with Crippen molar-refractivity contribution < 1.29 is 9.18 Å². The van der Waals surface area contributed by atoms with Crippen LogP contribution in [0.3, 0.4) is 0 Å². The van der Waals surface area contributed by atoms with E-state index in [1.807, 2.05) is 0 Å². The van der Waals surface area contributed by atoms with E-state index in [0.717, 1.165) is 31.2 Å². The Kier molecular flexibility index (Phi) is 4.55. The Morgan fingerprint density at radius 3 is 2.70 bits per heavy atom. The van der Waals surface area contributed by atoms with E-state index in [1.165, 1.54) is 18.2 Å². The first kappa shape index (κ1) is 15.5. The second kappa shape index (κ2) is 6.77. The van der Waals surface area contributed by atoms with Gasteiger partial charge in [-0.25, -0.2) is 4.39 Å². The number of pyridine rings is 1. The minimum absolute atomic E-state index is 0.0799. The van der Waals surface area contributed by atoms with Crippen LogP contribution in [0.5, 0.6) is 0 Å². The van der Waals surface area contributed by atoms with Crippen molar-refractivity contribution in [2.24, 2.45) is 5.92 Å². The lowest BCUT2D eigenvalue weighted by Gasteiger charge is -2.21. The summed E-state index contributed by atoms with van der Waals surface area (Å²) >= 11 is 0. The van der Waals surface area contributed by atoms with Crippen LogP contribution in [0, 0.1) is 11.7 Å². The molecule has 2 aromatic rings. The van der Waals surface area contributed by atoms with Gasteiger partial charge in [0.25, 0.3) is 5.91 Å². The number of carbonyl (C=O) groups excluding carboxylic acids is 1. The Morgan fingerprint density at radius 2 is 1.96 bits per heavy atom. The Morgan fingerprint density at radius 1 is 1.17 bits per heavy atom. The van der Waals surface area contributed by atoms with Crippen molar-refractivity contribution in [3.05, 3.63) is 69.9 Å². The average molecular weight is 314 g/mol. The lowest BCUT2D eigenvalue weighted by molar-refractivity contribution is 0.0922. The minimum Gasteiger partial charge on any atom is -0.348 e. The number of rotatable bonds is 4. The molecule has 0 aliphatic heterocycles. The van der Waals surface area contributed by atoms with Crippen molar-refractivity contribution in [2.75, 3.05) is 0 Å². The zero-order chi connectivity index (χ0) is 16.2.